The van der Waals surface area contributed by atoms with Gasteiger partial charge in [0.25, 0.3) is 0 Å². The van der Waals surface area contributed by atoms with E-state index < -0.39 is 5.97 Å². The van der Waals surface area contributed by atoms with E-state index in [4.69, 9.17) is 9.84 Å². The molecule has 1 aromatic heterocycles. The lowest BCUT2D eigenvalue weighted by molar-refractivity contribution is -0.136. The minimum Gasteiger partial charge on any atom is -0.508 e. The second-order valence-corrected chi connectivity index (χ2v) is 5.35. The lowest BCUT2D eigenvalue weighted by Gasteiger charge is -2.08. The summed E-state index contributed by atoms with van der Waals surface area (Å²) in [5, 5.41) is 22.9. The first-order valence-corrected chi connectivity index (χ1v) is 7.11. The van der Waals surface area contributed by atoms with Crippen molar-refractivity contribution in [3.8, 4) is 17.3 Å². The van der Waals surface area contributed by atoms with E-state index in [0.29, 0.717) is 12.3 Å². The summed E-state index contributed by atoms with van der Waals surface area (Å²) >= 11 is 0. The Labute approximate surface area is 129 Å². The van der Waals surface area contributed by atoms with Gasteiger partial charge < -0.3 is 14.9 Å². The fourth-order valence-electron chi connectivity index (χ4n) is 2.36. The van der Waals surface area contributed by atoms with E-state index in [0.717, 1.165) is 16.9 Å². The molecule has 0 aliphatic heterocycles. The molecule has 1 heterocycles. The molecular weight excluding hydrogens is 284 g/mol. The van der Waals surface area contributed by atoms with Gasteiger partial charge in [0.15, 0.2) is 0 Å². The van der Waals surface area contributed by atoms with Crippen LogP contribution in [0.2, 0.25) is 0 Å². The number of rotatable bonds is 6. The summed E-state index contributed by atoms with van der Waals surface area (Å²) in [5.74, 6) is 0.00546. The standard InChI is InChI=1S/C16H20N2O4/c1-10(2)15-13(8-9-14(20)21)16(22-3)18(17-15)11-4-6-12(19)7-5-11/h4-7,10,19H,8-9H2,1-3H3,(H,20,21). The number of ether oxygens (including phenoxy) is 1. The molecule has 0 aliphatic rings. The summed E-state index contributed by atoms with van der Waals surface area (Å²) in [5.41, 5.74) is 2.39. The monoisotopic (exact) mass is 304 g/mol. The van der Waals surface area contributed by atoms with Gasteiger partial charge in [-0.15, -0.1) is 0 Å². The molecule has 0 saturated carbocycles. The Bertz CT molecular complexity index is 660. The minimum atomic E-state index is -0.853. The van der Waals surface area contributed by atoms with Crippen LogP contribution in [-0.2, 0) is 11.2 Å². The number of aliphatic carboxylic acids is 1. The summed E-state index contributed by atoms with van der Waals surface area (Å²) in [6.45, 7) is 4.01. The number of hydrogen-bond donors (Lipinski definition) is 2. The van der Waals surface area contributed by atoms with E-state index in [2.05, 4.69) is 5.10 Å². The number of phenolic OH excluding ortho intramolecular Hbond substituents is 1. The molecule has 0 aliphatic carbocycles. The van der Waals surface area contributed by atoms with Gasteiger partial charge in [-0.05, 0) is 36.6 Å². The molecule has 1 aromatic carbocycles. The number of methoxy groups -OCH3 is 1. The third kappa shape index (κ3) is 3.21. The van der Waals surface area contributed by atoms with Crippen LogP contribution < -0.4 is 4.74 Å². The molecule has 0 radical (unpaired) electrons. The van der Waals surface area contributed by atoms with Crippen molar-refractivity contribution in [2.24, 2.45) is 0 Å². The Kier molecular flexibility index (Phi) is 4.70. The van der Waals surface area contributed by atoms with Crippen LogP contribution in [0.25, 0.3) is 5.69 Å². The van der Waals surface area contributed by atoms with Crippen LogP contribution in [-0.4, -0.2) is 33.1 Å². The van der Waals surface area contributed by atoms with Crippen LogP contribution >= 0.6 is 0 Å². The lowest BCUT2D eigenvalue weighted by Crippen LogP contribution is -2.02. The summed E-state index contributed by atoms with van der Waals surface area (Å²) in [4.78, 5) is 10.9. The van der Waals surface area contributed by atoms with Crippen LogP contribution in [0.5, 0.6) is 11.6 Å². The molecule has 22 heavy (non-hydrogen) atoms. The average molecular weight is 304 g/mol. The van der Waals surface area contributed by atoms with Gasteiger partial charge in [-0.1, -0.05) is 13.8 Å². The molecule has 0 amide bonds. The van der Waals surface area contributed by atoms with Crippen molar-refractivity contribution >= 4 is 5.97 Å². The van der Waals surface area contributed by atoms with E-state index in [1.807, 2.05) is 13.8 Å². The number of aromatic nitrogens is 2. The maximum atomic E-state index is 10.9. The van der Waals surface area contributed by atoms with Crippen LogP contribution in [0, 0.1) is 0 Å². The van der Waals surface area contributed by atoms with Crippen molar-refractivity contribution in [1.82, 2.24) is 9.78 Å². The van der Waals surface area contributed by atoms with E-state index >= 15 is 0 Å². The van der Waals surface area contributed by atoms with E-state index in [1.165, 1.54) is 0 Å². The Balaban J connectivity index is 2.52. The zero-order valence-electron chi connectivity index (χ0n) is 12.9. The number of phenols is 1. The Morgan fingerprint density at radius 1 is 1.32 bits per heavy atom. The molecule has 0 spiro atoms. The van der Waals surface area contributed by atoms with Crippen molar-refractivity contribution in [3.63, 3.8) is 0 Å². The summed E-state index contributed by atoms with van der Waals surface area (Å²) in [6, 6.07) is 6.61. The maximum Gasteiger partial charge on any atom is 0.303 e. The summed E-state index contributed by atoms with van der Waals surface area (Å²) < 4.78 is 7.11. The normalized spacial score (nSPS) is 10.9. The predicted molar refractivity (Wildman–Crippen MR) is 81.8 cm³/mol. The highest BCUT2D eigenvalue weighted by molar-refractivity contribution is 5.67. The molecule has 6 heteroatoms. The van der Waals surface area contributed by atoms with Crippen molar-refractivity contribution in [2.45, 2.75) is 32.6 Å². The Morgan fingerprint density at radius 3 is 2.45 bits per heavy atom. The SMILES string of the molecule is COc1c(CCC(=O)O)c(C(C)C)nn1-c1ccc(O)cc1. The number of carbonyl (C=O) groups is 1. The maximum absolute atomic E-state index is 10.9. The molecule has 0 saturated heterocycles. The van der Waals surface area contributed by atoms with Crippen molar-refractivity contribution in [3.05, 3.63) is 35.5 Å². The molecule has 0 unspecified atom stereocenters. The highest BCUT2D eigenvalue weighted by Crippen LogP contribution is 2.31. The zero-order valence-corrected chi connectivity index (χ0v) is 12.9. The number of carboxylic acids is 1. The van der Waals surface area contributed by atoms with Gasteiger partial charge in [-0.3, -0.25) is 4.79 Å². The third-order valence-electron chi connectivity index (χ3n) is 3.39. The number of hydrogen-bond acceptors (Lipinski definition) is 4. The van der Waals surface area contributed by atoms with E-state index in [-0.39, 0.29) is 18.1 Å². The van der Waals surface area contributed by atoms with E-state index in [1.54, 1.807) is 36.1 Å². The Hall–Kier alpha value is -2.50. The lowest BCUT2D eigenvalue weighted by atomic mass is 10.0. The van der Waals surface area contributed by atoms with Gasteiger partial charge in [-0.25, -0.2) is 4.68 Å². The van der Waals surface area contributed by atoms with Crippen LogP contribution in [0.3, 0.4) is 0 Å². The molecule has 2 N–H and O–H groups in total. The van der Waals surface area contributed by atoms with Gasteiger partial charge in [0.1, 0.15) is 5.75 Å². The van der Waals surface area contributed by atoms with Crippen LogP contribution in [0.4, 0.5) is 0 Å². The van der Waals surface area contributed by atoms with Gasteiger partial charge in [-0.2, -0.15) is 5.10 Å². The molecule has 0 atom stereocenters. The quantitative estimate of drug-likeness (QED) is 0.857. The van der Waals surface area contributed by atoms with Crippen molar-refractivity contribution in [1.29, 1.82) is 0 Å². The van der Waals surface area contributed by atoms with Gasteiger partial charge >= 0.3 is 5.97 Å². The minimum absolute atomic E-state index is 0.0251. The molecular formula is C16H20N2O4. The van der Waals surface area contributed by atoms with Crippen LogP contribution in [0.1, 0.15) is 37.4 Å². The Morgan fingerprint density at radius 2 is 1.95 bits per heavy atom. The highest BCUT2D eigenvalue weighted by Gasteiger charge is 2.22. The van der Waals surface area contributed by atoms with Gasteiger partial charge in [0, 0.05) is 12.0 Å². The summed E-state index contributed by atoms with van der Waals surface area (Å²) in [7, 11) is 1.54. The first-order valence-electron chi connectivity index (χ1n) is 7.11. The number of nitrogens with zero attached hydrogens (tertiary/aromatic N) is 2. The number of aromatic hydroxyl groups is 1. The largest absolute Gasteiger partial charge is 0.508 e. The smallest absolute Gasteiger partial charge is 0.303 e. The average Bonchev–Trinajstić information content (AvgIpc) is 2.84. The molecule has 2 aromatic rings. The first-order chi connectivity index (χ1) is 10.4. The second kappa shape index (κ2) is 6.51. The van der Waals surface area contributed by atoms with Crippen molar-refractivity contribution in [2.75, 3.05) is 7.11 Å². The highest BCUT2D eigenvalue weighted by atomic mass is 16.5. The number of benzene rings is 1. The van der Waals surface area contributed by atoms with E-state index in [9.17, 15) is 9.90 Å². The molecule has 6 nitrogen and oxygen atoms in total. The molecule has 118 valence electrons. The molecule has 0 fully saturated rings. The summed E-state index contributed by atoms with van der Waals surface area (Å²) in [6.07, 6.45) is 0.390. The van der Waals surface area contributed by atoms with Gasteiger partial charge in [0.2, 0.25) is 5.88 Å². The molecule has 2 rings (SSSR count). The first kappa shape index (κ1) is 15.9. The fourth-order valence-corrected chi connectivity index (χ4v) is 2.36. The fraction of sp³-hybridized carbons (Fsp3) is 0.375. The molecule has 0 bridgehead atoms. The van der Waals surface area contributed by atoms with Gasteiger partial charge in [0.05, 0.1) is 18.5 Å². The predicted octanol–water partition coefficient (Wildman–Crippen LogP) is 2.73. The van der Waals surface area contributed by atoms with Crippen LogP contribution in [0.15, 0.2) is 24.3 Å². The van der Waals surface area contributed by atoms with Crippen molar-refractivity contribution < 1.29 is 19.7 Å². The second-order valence-electron chi connectivity index (χ2n) is 5.35. The third-order valence-corrected chi connectivity index (χ3v) is 3.39. The zero-order chi connectivity index (χ0) is 16.3. The topological polar surface area (TPSA) is 84.6 Å². The number of carboxylic acid groups (broad SMARTS) is 1.